The summed E-state index contributed by atoms with van der Waals surface area (Å²) >= 11 is 0. The normalized spacial score (nSPS) is 22.4. The van der Waals surface area contributed by atoms with Gasteiger partial charge in [0.1, 0.15) is 5.75 Å². The Bertz CT molecular complexity index is 611. The van der Waals surface area contributed by atoms with Crippen LogP contribution in [-0.2, 0) is 4.79 Å². The Morgan fingerprint density at radius 3 is 2.50 bits per heavy atom. The minimum Gasteiger partial charge on any atom is -0.508 e. The summed E-state index contributed by atoms with van der Waals surface area (Å²) < 4.78 is 0. The van der Waals surface area contributed by atoms with Crippen LogP contribution in [0.4, 0.5) is 4.79 Å². The van der Waals surface area contributed by atoms with E-state index in [4.69, 9.17) is 5.73 Å². The van der Waals surface area contributed by atoms with Crippen molar-refractivity contribution in [3.8, 4) is 5.75 Å². The van der Waals surface area contributed by atoms with E-state index in [1.807, 2.05) is 23.1 Å². The summed E-state index contributed by atoms with van der Waals surface area (Å²) in [5.74, 6) is 0.702. The average Bonchev–Trinajstić information content (AvgIpc) is 2.61. The smallest absolute Gasteiger partial charge is 0.314 e. The molecule has 2 fully saturated rings. The molecular weight excluding hydrogens is 306 g/mol. The lowest BCUT2D eigenvalue weighted by molar-refractivity contribution is -0.138. The number of carbonyl (C=O) groups is 2. The van der Waals surface area contributed by atoms with E-state index in [1.165, 1.54) is 0 Å². The second-order valence-electron chi connectivity index (χ2n) is 6.82. The van der Waals surface area contributed by atoms with E-state index in [0.717, 1.165) is 44.3 Å². The molecule has 3 amide bonds. The molecule has 0 spiro atoms. The van der Waals surface area contributed by atoms with Gasteiger partial charge in [-0.05, 0) is 49.3 Å². The van der Waals surface area contributed by atoms with Crippen LogP contribution in [0.2, 0.25) is 0 Å². The van der Waals surface area contributed by atoms with Crippen LogP contribution in [-0.4, -0.2) is 53.0 Å². The number of carbonyl (C=O) groups excluding carboxylic acids is 2. The van der Waals surface area contributed by atoms with Gasteiger partial charge in [-0.3, -0.25) is 4.79 Å². The first-order valence-corrected chi connectivity index (χ1v) is 8.66. The molecule has 1 aromatic rings. The number of nitrogens with zero attached hydrogens (tertiary/aromatic N) is 2. The fraction of sp³-hybridized carbons (Fsp3) is 0.556. The molecule has 0 aromatic heterocycles. The number of phenols is 1. The maximum absolute atomic E-state index is 12.7. The SMILES string of the molecule is NC(=O)N1CCC[C@@H](C(=O)N2CCC(c3cccc(O)c3)CC2)C1. The van der Waals surface area contributed by atoms with Gasteiger partial charge < -0.3 is 20.6 Å². The zero-order valence-electron chi connectivity index (χ0n) is 13.9. The minimum atomic E-state index is -0.435. The number of primary amides is 1. The molecule has 6 nitrogen and oxygen atoms in total. The summed E-state index contributed by atoms with van der Waals surface area (Å²) in [5, 5.41) is 9.62. The molecule has 2 heterocycles. The number of benzene rings is 1. The molecule has 3 rings (SSSR count). The van der Waals surface area contributed by atoms with Gasteiger partial charge in [0.05, 0.1) is 5.92 Å². The van der Waals surface area contributed by atoms with Gasteiger partial charge in [0.25, 0.3) is 0 Å². The van der Waals surface area contributed by atoms with E-state index in [0.29, 0.717) is 24.8 Å². The first kappa shape index (κ1) is 16.6. The van der Waals surface area contributed by atoms with Gasteiger partial charge >= 0.3 is 6.03 Å². The Morgan fingerprint density at radius 1 is 1.08 bits per heavy atom. The summed E-state index contributed by atoms with van der Waals surface area (Å²) in [6.07, 6.45) is 3.47. The Hall–Kier alpha value is -2.24. The van der Waals surface area contributed by atoms with Crippen LogP contribution in [0.25, 0.3) is 0 Å². The molecule has 0 unspecified atom stereocenters. The summed E-state index contributed by atoms with van der Waals surface area (Å²) in [6.45, 7) is 2.55. The lowest BCUT2D eigenvalue weighted by Crippen LogP contribution is -2.49. The molecule has 0 aliphatic carbocycles. The first-order valence-electron chi connectivity index (χ1n) is 8.66. The molecule has 1 atom stereocenters. The number of urea groups is 1. The summed E-state index contributed by atoms with van der Waals surface area (Å²) in [7, 11) is 0. The Balaban J connectivity index is 1.56. The van der Waals surface area contributed by atoms with Crippen molar-refractivity contribution in [2.75, 3.05) is 26.2 Å². The predicted octanol–water partition coefficient (Wildman–Crippen LogP) is 1.89. The van der Waals surface area contributed by atoms with Gasteiger partial charge in [0.15, 0.2) is 0 Å². The molecule has 2 aliphatic heterocycles. The fourth-order valence-electron chi connectivity index (χ4n) is 3.85. The molecule has 2 saturated heterocycles. The van der Waals surface area contributed by atoms with E-state index >= 15 is 0 Å². The lowest BCUT2D eigenvalue weighted by atomic mass is 9.88. The summed E-state index contributed by atoms with van der Waals surface area (Å²) in [6, 6.07) is 6.95. The minimum absolute atomic E-state index is 0.122. The Kier molecular flexibility index (Phi) is 4.92. The van der Waals surface area contributed by atoms with E-state index in [-0.39, 0.29) is 11.8 Å². The van der Waals surface area contributed by atoms with Gasteiger partial charge in [-0.1, -0.05) is 12.1 Å². The number of rotatable bonds is 2. The van der Waals surface area contributed by atoms with Gasteiger partial charge in [-0.2, -0.15) is 0 Å². The molecule has 6 heteroatoms. The fourth-order valence-corrected chi connectivity index (χ4v) is 3.85. The molecule has 1 aromatic carbocycles. The van der Waals surface area contributed by atoms with Crippen LogP contribution in [0.3, 0.4) is 0 Å². The van der Waals surface area contributed by atoms with Crippen molar-refractivity contribution in [1.82, 2.24) is 9.80 Å². The Labute approximate surface area is 142 Å². The van der Waals surface area contributed by atoms with Crippen molar-refractivity contribution in [2.24, 2.45) is 11.7 Å². The van der Waals surface area contributed by atoms with Crippen molar-refractivity contribution in [2.45, 2.75) is 31.6 Å². The molecular formula is C18H25N3O3. The standard InChI is InChI=1S/C18H25N3O3/c19-18(24)21-8-2-4-15(12-21)17(23)20-9-6-13(7-10-20)14-3-1-5-16(22)11-14/h1,3,5,11,13,15,22H,2,4,6-10,12H2,(H2,19,24)/t15-/m1/s1. The molecule has 24 heavy (non-hydrogen) atoms. The largest absolute Gasteiger partial charge is 0.508 e. The van der Waals surface area contributed by atoms with Gasteiger partial charge in [0, 0.05) is 26.2 Å². The number of aromatic hydroxyl groups is 1. The highest BCUT2D eigenvalue weighted by molar-refractivity contribution is 5.80. The van der Waals surface area contributed by atoms with Crippen LogP contribution >= 0.6 is 0 Å². The molecule has 0 radical (unpaired) electrons. The number of phenolic OH excluding ortho intramolecular Hbond substituents is 1. The highest BCUT2D eigenvalue weighted by atomic mass is 16.3. The van der Waals surface area contributed by atoms with Gasteiger partial charge in [0.2, 0.25) is 5.91 Å². The highest BCUT2D eigenvalue weighted by Gasteiger charge is 2.32. The van der Waals surface area contributed by atoms with Crippen molar-refractivity contribution < 1.29 is 14.7 Å². The molecule has 3 N–H and O–H groups in total. The highest BCUT2D eigenvalue weighted by Crippen LogP contribution is 2.31. The zero-order valence-corrected chi connectivity index (χ0v) is 13.9. The maximum atomic E-state index is 12.7. The summed E-state index contributed by atoms with van der Waals surface area (Å²) in [5.41, 5.74) is 6.48. The average molecular weight is 331 g/mol. The van der Waals surface area contributed by atoms with Crippen molar-refractivity contribution >= 4 is 11.9 Å². The zero-order chi connectivity index (χ0) is 17.1. The van der Waals surface area contributed by atoms with Crippen molar-refractivity contribution in [1.29, 1.82) is 0 Å². The lowest BCUT2D eigenvalue weighted by Gasteiger charge is -2.37. The number of amides is 3. The number of nitrogens with two attached hydrogens (primary N) is 1. The monoisotopic (exact) mass is 331 g/mol. The second-order valence-corrected chi connectivity index (χ2v) is 6.82. The van der Waals surface area contributed by atoms with Gasteiger partial charge in [-0.15, -0.1) is 0 Å². The second kappa shape index (κ2) is 7.11. The third-order valence-electron chi connectivity index (χ3n) is 5.23. The van der Waals surface area contributed by atoms with Crippen LogP contribution in [0, 0.1) is 5.92 Å². The third kappa shape index (κ3) is 3.63. The van der Waals surface area contributed by atoms with Crippen LogP contribution in [0.15, 0.2) is 24.3 Å². The Morgan fingerprint density at radius 2 is 1.83 bits per heavy atom. The molecule has 0 saturated carbocycles. The molecule has 0 bridgehead atoms. The van der Waals surface area contributed by atoms with Crippen molar-refractivity contribution in [3.63, 3.8) is 0 Å². The quantitative estimate of drug-likeness (QED) is 0.867. The topological polar surface area (TPSA) is 86.9 Å². The van der Waals surface area contributed by atoms with E-state index in [2.05, 4.69) is 0 Å². The van der Waals surface area contributed by atoms with Crippen LogP contribution < -0.4 is 5.73 Å². The first-order chi connectivity index (χ1) is 11.5. The molecule has 130 valence electrons. The predicted molar refractivity (Wildman–Crippen MR) is 90.5 cm³/mol. The number of hydrogen-bond acceptors (Lipinski definition) is 3. The molecule has 2 aliphatic rings. The number of hydrogen-bond donors (Lipinski definition) is 2. The van der Waals surface area contributed by atoms with Crippen molar-refractivity contribution in [3.05, 3.63) is 29.8 Å². The maximum Gasteiger partial charge on any atom is 0.314 e. The van der Waals surface area contributed by atoms with E-state index < -0.39 is 6.03 Å². The van der Waals surface area contributed by atoms with E-state index in [1.54, 1.807) is 11.0 Å². The van der Waals surface area contributed by atoms with E-state index in [9.17, 15) is 14.7 Å². The summed E-state index contributed by atoms with van der Waals surface area (Å²) in [4.78, 5) is 27.6. The number of piperidine rings is 2. The third-order valence-corrected chi connectivity index (χ3v) is 5.23. The van der Waals surface area contributed by atoms with Crippen LogP contribution in [0.5, 0.6) is 5.75 Å². The van der Waals surface area contributed by atoms with Gasteiger partial charge in [-0.25, -0.2) is 4.79 Å². The number of likely N-dealkylation sites (tertiary alicyclic amines) is 2. The van der Waals surface area contributed by atoms with Crippen LogP contribution in [0.1, 0.15) is 37.2 Å².